The number of methoxy groups -OCH3 is 1. The molecule has 4 aliphatic rings. The molecule has 1 amide bonds. The highest BCUT2D eigenvalue weighted by atomic mass is 16.6. The molecule has 3 aromatic rings. The van der Waals surface area contributed by atoms with E-state index in [1.165, 1.54) is 0 Å². The number of anilines is 2. The molecule has 4 fully saturated rings. The highest BCUT2D eigenvalue weighted by molar-refractivity contribution is 5.72. The van der Waals surface area contributed by atoms with Crippen LogP contribution in [-0.4, -0.2) is 56.2 Å². The highest BCUT2D eigenvalue weighted by Gasteiger charge is 2.57. The summed E-state index contributed by atoms with van der Waals surface area (Å²) < 4.78 is 18.3. The number of amides is 1. The first-order chi connectivity index (χ1) is 15.6. The Hall–Kier alpha value is -3.18. The van der Waals surface area contributed by atoms with Crippen LogP contribution in [0.2, 0.25) is 0 Å². The van der Waals surface area contributed by atoms with Crippen molar-refractivity contribution < 1.29 is 19.0 Å². The molecule has 3 N–H and O–H groups in total. The number of carbonyl (C=O) groups excluding carboxylic acids is 1. The first kappa shape index (κ1) is 19.5. The van der Waals surface area contributed by atoms with Gasteiger partial charge in [0.2, 0.25) is 0 Å². The van der Waals surface area contributed by atoms with Gasteiger partial charge in [-0.15, -0.1) is 0 Å². The summed E-state index contributed by atoms with van der Waals surface area (Å²) in [5.41, 5.74) is 2.47. The van der Waals surface area contributed by atoms with E-state index in [4.69, 9.17) is 14.2 Å². The fourth-order valence-electron chi connectivity index (χ4n) is 4.90. The Balaban J connectivity index is 1.08. The molecule has 1 aliphatic heterocycles. The van der Waals surface area contributed by atoms with E-state index >= 15 is 0 Å². The molecule has 11 nitrogen and oxygen atoms in total. The Morgan fingerprint density at radius 2 is 2.25 bits per heavy atom. The SMILES string of the molecule is COCc1cc2c(Nc3cc(C4CC(OC(=O)NC56CC(C5)C6)CO4)[nH]n3)nccn2n1. The third-order valence-corrected chi connectivity index (χ3v) is 6.56. The molecule has 1 saturated heterocycles. The molecule has 2 unspecified atom stereocenters. The summed E-state index contributed by atoms with van der Waals surface area (Å²) in [6.07, 6.45) is 6.49. The molecule has 11 heteroatoms. The largest absolute Gasteiger partial charge is 0.444 e. The molecule has 0 spiro atoms. The Morgan fingerprint density at radius 3 is 3.03 bits per heavy atom. The van der Waals surface area contributed by atoms with Crippen LogP contribution in [0, 0.1) is 5.92 Å². The van der Waals surface area contributed by atoms with Crippen LogP contribution in [0.15, 0.2) is 24.5 Å². The third-order valence-electron chi connectivity index (χ3n) is 6.56. The number of aromatic nitrogens is 5. The van der Waals surface area contributed by atoms with Crippen LogP contribution in [0.25, 0.3) is 5.52 Å². The molecule has 168 valence electrons. The summed E-state index contributed by atoms with van der Waals surface area (Å²) in [6, 6.07) is 3.80. The van der Waals surface area contributed by atoms with Crippen LogP contribution in [-0.2, 0) is 20.8 Å². The van der Waals surface area contributed by atoms with E-state index in [9.17, 15) is 4.79 Å². The monoisotopic (exact) mass is 439 g/mol. The number of fused-ring (bicyclic) bond motifs is 1. The Labute approximate surface area is 183 Å². The summed E-state index contributed by atoms with van der Waals surface area (Å²) in [5, 5.41) is 18.1. The molecule has 32 heavy (non-hydrogen) atoms. The number of rotatable bonds is 7. The molecular formula is C21H25N7O4. The molecule has 4 heterocycles. The summed E-state index contributed by atoms with van der Waals surface area (Å²) >= 11 is 0. The highest BCUT2D eigenvalue weighted by Crippen LogP contribution is 2.56. The summed E-state index contributed by atoms with van der Waals surface area (Å²) in [5.74, 6) is 2.06. The lowest BCUT2D eigenvalue weighted by molar-refractivity contribution is -0.0510. The minimum atomic E-state index is -0.336. The molecule has 3 aliphatic carbocycles. The molecule has 3 saturated carbocycles. The van der Waals surface area contributed by atoms with Crippen molar-refractivity contribution in [1.82, 2.24) is 30.1 Å². The number of hydrogen-bond donors (Lipinski definition) is 3. The standard InChI is InChI=1S/C21H25N7O4/c1-30-10-13-4-16-19(22-2-3-28(16)27-13)23-18-6-15(25-26-18)17-5-14(11-31-17)32-20(29)24-21-7-12(8-21)9-21/h2-4,6,12,14,17H,5,7-11H2,1H3,(H,24,29)(H2,22,23,25,26). The van der Waals surface area contributed by atoms with Crippen LogP contribution in [0.4, 0.5) is 16.4 Å². The van der Waals surface area contributed by atoms with Crippen LogP contribution >= 0.6 is 0 Å². The van der Waals surface area contributed by atoms with Gasteiger partial charge >= 0.3 is 6.09 Å². The fraction of sp³-hybridized carbons (Fsp3) is 0.524. The van der Waals surface area contributed by atoms with Crippen LogP contribution < -0.4 is 10.6 Å². The lowest BCUT2D eigenvalue weighted by atomic mass is 9.50. The van der Waals surface area contributed by atoms with E-state index in [-0.39, 0.29) is 23.8 Å². The average molecular weight is 439 g/mol. The van der Waals surface area contributed by atoms with Crippen molar-refractivity contribution in [2.24, 2.45) is 5.92 Å². The number of alkyl carbamates (subject to hydrolysis) is 1. The second kappa shape index (κ2) is 7.45. The van der Waals surface area contributed by atoms with Gasteiger partial charge in [0, 0.05) is 37.5 Å². The quantitative estimate of drug-likeness (QED) is 0.512. The number of nitrogens with one attached hydrogen (secondary N) is 3. The van der Waals surface area contributed by atoms with E-state index in [0.717, 1.165) is 42.1 Å². The maximum absolute atomic E-state index is 12.2. The molecule has 0 radical (unpaired) electrons. The first-order valence-corrected chi connectivity index (χ1v) is 10.8. The number of carbonyl (C=O) groups is 1. The number of H-pyrrole nitrogens is 1. The van der Waals surface area contributed by atoms with Gasteiger partial charge in [0.05, 0.1) is 24.6 Å². The minimum absolute atomic E-state index is 0.0152. The van der Waals surface area contributed by atoms with Gasteiger partial charge in [0.1, 0.15) is 17.7 Å². The zero-order valence-corrected chi connectivity index (χ0v) is 17.7. The van der Waals surface area contributed by atoms with Crippen molar-refractivity contribution in [1.29, 1.82) is 0 Å². The van der Waals surface area contributed by atoms with E-state index in [1.54, 1.807) is 24.0 Å². The van der Waals surface area contributed by atoms with E-state index in [2.05, 4.69) is 30.9 Å². The van der Waals surface area contributed by atoms with E-state index in [1.807, 2.05) is 12.1 Å². The summed E-state index contributed by atoms with van der Waals surface area (Å²) in [6.45, 7) is 0.796. The normalized spacial score (nSPS) is 28.2. The van der Waals surface area contributed by atoms with Crippen LogP contribution in [0.3, 0.4) is 0 Å². The van der Waals surface area contributed by atoms with Crippen molar-refractivity contribution in [3.63, 3.8) is 0 Å². The number of hydrogen-bond acceptors (Lipinski definition) is 8. The smallest absolute Gasteiger partial charge is 0.407 e. The molecule has 7 rings (SSSR count). The lowest BCUT2D eigenvalue weighted by Crippen LogP contribution is -2.68. The predicted molar refractivity (Wildman–Crippen MR) is 112 cm³/mol. The zero-order chi connectivity index (χ0) is 21.7. The fourth-order valence-corrected chi connectivity index (χ4v) is 4.90. The average Bonchev–Trinajstić information content (AvgIpc) is 3.44. The van der Waals surface area contributed by atoms with Gasteiger partial charge in [0.25, 0.3) is 0 Å². The Morgan fingerprint density at radius 1 is 1.38 bits per heavy atom. The molecule has 2 bridgehead atoms. The zero-order valence-electron chi connectivity index (χ0n) is 17.7. The molecule has 0 aromatic carbocycles. The number of aromatic amines is 1. The Kier molecular flexibility index (Phi) is 4.54. The van der Waals surface area contributed by atoms with Crippen LogP contribution in [0.1, 0.15) is 43.2 Å². The van der Waals surface area contributed by atoms with Gasteiger partial charge in [-0.1, -0.05) is 0 Å². The minimum Gasteiger partial charge on any atom is -0.444 e. The van der Waals surface area contributed by atoms with Gasteiger partial charge < -0.3 is 24.8 Å². The third kappa shape index (κ3) is 3.47. The van der Waals surface area contributed by atoms with Crippen molar-refractivity contribution in [2.45, 2.75) is 50.0 Å². The number of nitrogens with zero attached hydrogens (tertiary/aromatic N) is 4. The first-order valence-electron chi connectivity index (χ1n) is 10.8. The predicted octanol–water partition coefficient (Wildman–Crippen LogP) is 2.45. The van der Waals surface area contributed by atoms with E-state index in [0.29, 0.717) is 31.3 Å². The van der Waals surface area contributed by atoms with Gasteiger partial charge in [-0.3, -0.25) is 5.10 Å². The second-order valence-electron chi connectivity index (χ2n) is 8.98. The maximum Gasteiger partial charge on any atom is 0.407 e. The molecule has 3 aromatic heterocycles. The van der Waals surface area contributed by atoms with Crippen molar-refractivity contribution in [2.75, 3.05) is 19.0 Å². The van der Waals surface area contributed by atoms with Gasteiger partial charge in [-0.2, -0.15) is 10.2 Å². The van der Waals surface area contributed by atoms with Gasteiger partial charge in [0.15, 0.2) is 11.6 Å². The number of ether oxygens (including phenoxy) is 3. The Bertz CT molecular complexity index is 1140. The van der Waals surface area contributed by atoms with Crippen LogP contribution in [0.5, 0.6) is 0 Å². The summed E-state index contributed by atoms with van der Waals surface area (Å²) in [7, 11) is 1.64. The molecular weight excluding hydrogens is 414 g/mol. The maximum atomic E-state index is 12.2. The van der Waals surface area contributed by atoms with Crippen molar-refractivity contribution in [3.05, 3.63) is 35.9 Å². The summed E-state index contributed by atoms with van der Waals surface area (Å²) in [4.78, 5) is 16.6. The van der Waals surface area contributed by atoms with Crippen molar-refractivity contribution in [3.8, 4) is 0 Å². The molecule has 2 atom stereocenters. The van der Waals surface area contributed by atoms with E-state index < -0.39 is 0 Å². The lowest BCUT2D eigenvalue weighted by Gasteiger charge is -2.61. The van der Waals surface area contributed by atoms with Crippen molar-refractivity contribution >= 4 is 23.2 Å². The van der Waals surface area contributed by atoms with Gasteiger partial charge in [-0.05, 0) is 31.2 Å². The topological polar surface area (TPSA) is 128 Å². The second-order valence-corrected chi connectivity index (χ2v) is 8.98. The van der Waals surface area contributed by atoms with Gasteiger partial charge in [-0.25, -0.2) is 14.3 Å².